The molecule has 1 aliphatic rings. The third-order valence-corrected chi connectivity index (χ3v) is 4.03. The van der Waals surface area contributed by atoms with Gasteiger partial charge in [0, 0.05) is 19.8 Å². The van der Waals surface area contributed by atoms with Crippen molar-refractivity contribution in [2.75, 3.05) is 32.5 Å². The fraction of sp³-hybridized carbons (Fsp3) is 0.632. The summed E-state index contributed by atoms with van der Waals surface area (Å²) in [5.74, 6) is 0.617. The minimum atomic E-state index is -0.0781. The van der Waals surface area contributed by atoms with E-state index in [1.54, 1.807) is 14.1 Å². The summed E-state index contributed by atoms with van der Waals surface area (Å²) in [6.45, 7) is 8.95. The van der Waals surface area contributed by atoms with Crippen LogP contribution >= 0.6 is 0 Å². The van der Waals surface area contributed by atoms with Crippen LogP contribution in [0.3, 0.4) is 0 Å². The Kier molecular flexibility index (Phi) is 8.70. The molecule has 130 valence electrons. The van der Waals surface area contributed by atoms with E-state index in [0.29, 0.717) is 5.92 Å². The average Bonchev–Trinajstić information content (AvgIpc) is 2.89. The highest BCUT2D eigenvalue weighted by Crippen LogP contribution is 2.34. The van der Waals surface area contributed by atoms with E-state index in [0.717, 1.165) is 5.69 Å². The van der Waals surface area contributed by atoms with E-state index in [4.69, 9.17) is 0 Å². The van der Waals surface area contributed by atoms with Crippen LogP contribution in [0.25, 0.3) is 0 Å². The second-order valence-electron chi connectivity index (χ2n) is 6.43. The number of anilines is 1. The first-order chi connectivity index (χ1) is 11.0. The van der Waals surface area contributed by atoms with E-state index < -0.39 is 0 Å². The summed E-state index contributed by atoms with van der Waals surface area (Å²) >= 11 is 0. The monoisotopic (exact) mass is 319 g/mol. The van der Waals surface area contributed by atoms with Gasteiger partial charge in [0.25, 0.3) is 0 Å². The maximum absolute atomic E-state index is 11.5. The topological polar surface area (TPSA) is 44.4 Å². The van der Waals surface area contributed by atoms with Crippen LogP contribution in [-0.4, -0.2) is 38.1 Å². The van der Waals surface area contributed by atoms with Crippen LogP contribution in [-0.2, 0) is 6.42 Å². The third kappa shape index (κ3) is 6.61. The van der Waals surface area contributed by atoms with Gasteiger partial charge in [0.15, 0.2) is 0 Å². The Labute approximate surface area is 141 Å². The molecule has 4 nitrogen and oxygen atoms in total. The molecule has 0 saturated carbocycles. The molecule has 2 N–H and O–H groups in total. The van der Waals surface area contributed by atoms with E-state index in [1.165, 1.54) is 54.8 Å². The second-order valence-corrected chi connectivity index (χ2v) is 6.43. The molecule has 0 bridgehead atoms. The molecular formula is C19H33N3O. The summed E-state index contributed by atoms with van der Waals surface area (Å²) in [6.07, 6.45) is 4.89. The normalized spacial score (nSPS) is 15.4. The smallest absolute Gasteiger partial charge is 0.321 e. The number of hydrogen-bond acceptors (Lipinski definition) is 2. The van der Waals surface area contributed by atoms with Crippen LogP contribution in [0.1, 0.15) is 57.1 Å². The van der Waals surface area contributed by atoms with Crippen molar-refractivity contribution in [3.63, 3.8) is 0 Å². The van der Waals surface area contributed by atoms with Gasteiger partial charge in [0.1, 0.15) is 0 Å². The summed E-state index contributed by atoms with van der Waals surface area (Å²) in [6, 6.07) is 6.14. The maximum atomic E-state index is 11.5. The van der Waals surface area contributed by atoms with Crippen molar-refractivity contribution >= 4 is 11.7 Å². The summed E-state index contributed by atoms with van der Waals surface area (Å²) in [5, 5.41) is 6.16. The number of carbonyl (C=O) groups excluding carboxylic acids is 1. The molecule has 2 rings (SSSR count). The number of benzene rings is 1. The molecule has 0 aliphatic heterocycles. The first-order valence-electron chi connectivity index (χ1n) is 8.81. The van der Waals surface area contributed by atoms with Gasteiger partial charge in [-0.25, -0.2) is 4.79 Å². The lowest BCUT2D eigenvalue weighted by Gasteiger charge is -2.13. The van der Waals surface area contributed by atoms with Crippen LogP contribution < -0.4 is 10.6 Å². The highest BCUT2D eigenvalue weighted by molar-refractivity contribution is 5.89. The molecule has 4 heteroatoms. The van der Waals surface area contributed by atoms with Gasteiger partial charge < -0.3 is 15.5 Å². The first kappa shape index (κ1) is 19.5. The number of hydrogen-bond donors (Lipinski definition) is 2. The summed E-state index contributed by atoms with van der Waals surface area (Å²) in [4.78, 5) is 13.0. The molecular weight excluding hydrogens is 286 g/mol. The van der Waals surface area contributed by atoms with Crippen LogP contribution in [0.2, 0.25) is 0 Å². The van der Waals surface area contributed by atoms with Crippen molar-refractivity contribution in [3.8, 4) is 0 Å². The molecule has 1 aromatic carbocycles. The van der Waals surface area contributed by atoms with E-state index in [2.05, 4.69) is 43.5 Å². The lowest BCUT2D eigenvalue weighted by atomic mass is 10.0. The molecule has 1 aliphatic carbocycles. The molecule has 0 heterocycles. The van der Waals surface area contributed by atoms with Crippen molar-refractivity contribution in [3.05, 3.63) is 29.3 Å². The number of rotatable bonds is 5. The Morgan fingerprint density at radius 1 is 1.22 bits per heavy atom. The standard InChI is InChI=1S/C13H18N2O.C6H15N/c1-9-4-5-10-6-7-11(8-12(9)10)14-13(16)15(2)3;1-3-5-7-6-4-2/h6-9H,4-5H2,1-3H3,(H,14,16);7H,3-6H2,1-2H3. The van der Waals surface area contributed by atoms with Gasteiger partial charge in [0.05, 0.1) is 0 Å². The van der Waals surface area contributed by atoms with E-state index >= 15 is 0 Å². The molecule has 23 heavy (non-hydrogen) atoms. The molecule has 1 unspecified atom stereocenters. The highest BCUT2D eigenvalue weighted by atomic mass is 16.2. The number of amides is 2. The number of aryl methyl sites for hydroxylation is 1. The van der Waals surface area contributed by atoms with Crippen molar-refractivity contribution in [1.29, 1.82) is 0 Å². The zero-order valence-electron chi connectivity index (χ0n) is 15.4. The van der Waals surface area contributed by atoms with E-state index in [-0.39, 0.29) is 6.03 Å². The zero-order chi connectivity index (χ0) is 17.2. The number of carbonyl (C=O) groups is 1. The minimum Gasteiger partial charge on any atom is -0.331 e. The largest absolute Gasteiger partial charge is 0.331 e. The molecule has 0 spiro atoms. The molecule has 0 radical (unpaired) electrons. The Morgan fingerprint density at radius 3 is 2.43 bits per heavy atom. The van der Waals surface area contributed by atoms with Crippen LogP contribution in [0, 0.1) is 0 Å². The van der Waals surface area contributed by atoms with E-state index in [9.17, 15) is 4.79 Å². The Hall–Kier alpha value is -1.55. The Balaban J connectivity index is 0.000000322. The Morgan fingerprint density at radius 2 is 1.87 bits per heavy atom. The first-order valence-corrected chi connectivity index (χ1v) is 8.81. The Bertz CT molecular complexity index is 482. The lowest BCUT2D eigenvalue weighted by Crippen LogP contribution is -2.27. The predicted octanol–water partition coefficient (Wildman–Crippen LogP) is 4.23. The molecule has 0 saturated heterocycles. The number of nitrogens with zero attached hydrogens (tertiary/aromatic N) is 1. The van der Waals surface area contributed by atoms with Gasteiger partial charge in [-0.1, -0.05) is 26.8 Å². The minimum absolute atomic E-state index is 0.0781. The van der Waals surface area contributed by atoms with Crippen molar-refractivity contribution in [1.82, 2.24) is 10.2 Å². The van der Waals surface area contributed by atoms with Gasteiger partial charge in [-0.2, -0.15) is 0 Å². The van der Waals surface area contributed by atoms with Crippen molar-refractivity contribution < 1.29 is 4.79 Å². The average molecular weight is 319 g/mol. The summed E-state index contributed by atoms with van der Waals surface area (Å²) in [5.41, 5.74) is 3.71. The molecule has 1 aromatic rings. The third-order valence-electron chi connectivity index (χ3n) is 4.03. The van der Waals surface area contributed by atoms with Gasteiger partial charge in [0.2, 0.25) is 0 Å². The van der Waals surface area contributed by atoms with E-state index in [1.807, 2.05) is 6.07 Å². The number of urea groups is 1. The van der Waals surface area contributed by atoms with Crippen LogP contribution in [0.15, 0.2) is 18.2 Å². The van der Waals surface area contributed by atoms with Crippen molar-refractivity contribution in [2.24, 2.45) is 0 Å². The van der Waals surface area contributed by atoms with Crippen LogP contribution in [0.4, 0.5) is 10.5 Å². The van der Waals surface area contributed by atoms with Gasteiger partial charge in [-0.05, 0) is 68.0 Å². The fourth-order valence-electron chi connectivity index (χ4n) is 2.60. The van der Waals surface area contributed by atoms with Gasteiger partial charge in [-0.3, -0.25) is 0 Å². The summed E-state index contributed by atoms with van der Waals surface area (Å²) in [7, 11) is 3.48. The maximum Gasteiger partial charge on any atom is 0.321 e. The number of fused-ring (bicyclic) bond motifs is 1. The fourth-order valence-corrected chi connectivity index (χ4v) is 2.60. The predicted molar refractivity (Wildman–Crippen MR) is 99.3 cm³/mol. The summed E-state index contributed by atoms with van der Waals surface area (Å²) < 4.78 is 0. The molecule has 0 fully saturated rings. The lowest BCUT2D eigenvalue weighted by molar-refractivity contribution is 0.230. The zero-order valence-corrected chi connectivity index (χ0v) is 15.4. The second kappa shape index (κ2) is 10.3. The van der Waals surface area contributed by atoms with Crippen LogP contribution in [0.5, 0.6) is 0 Å². The van der Waals surface area contributed by atoms with Gasteiger partial charge >= 0.3 is 6.03 Å². The molecule has 1 atom stereocenters. The number of nitrogens with one attached hydrogen (secondary N) is 2. The van der Waals surface area contributed by atoms with Crippen molar-refractivity contribution in [2.45, 2.75) is 52.4 Å². The quantitative estimate of drug-likeness (QED) is 0.798. The molecule has 2 amide bonds. The molecule has 0 aromatic heterocycles. The SMILES string of the molecule is CC1CCc2ccc(NC(=O)N(C)C)cc21.CCCNCCC. The van der Waals surface area contributed by atoms with Gasteiger partial charge in [-0.15, -0.1) is 0 Å². The highest BCUT2D eigenvalue weighted by Gasteiger charge is 2.18.